The number of anilines is 1. The number of aromatic nitrogens is 4. The number of fused-ring (bicyclic) bond motifs is 1. The SMILES string of the molecule is CC(C)c1nccc(CCO)c1-n1c(=O)nc(N2CCN(C(=O)OC(C)(C)C)C[C@@H]2C)c2cc(F)c(-c3c(F)cccc3Cl)nc21. The number of hydrogen-bond acceptors (Lipinski definition) is 8. The van der Waals surface area contributed by atoms with Gasteiger partial charge in [-0.05, 0) is 69.9 Å². The van der Waals surface area contributed by atoms with Gasteiger partial charge >= 0.3 is 11.8 Å². The maximum Gasteiger partial charge on any atom is 0.410 e. The van der Waals surface area contributed by atoms with Crippen LogP contribution in [0.5, 0.6) is 0 Å². The number of rotatable bonds is 6. The number of piperazine rings is 1. The van der Waals surface area contributed by atoms with E-state index in [9.17, 15) is 14.7 Å². The van der Waals surface area contributed by atoms with Crippen LogP contribution in [0, 0.1) is 11.6 Å². The van der Waals surface area contributed by atoms with E-state index in [1.54, 1.807) is 37.9 Å². The summed E-state index contributed by atoms with van der Waals surface area (Å²) in [4.78, 5) is 44.0. The molecule has 13 heteroatoms. The second-order valence-corrected chi connectivity index (χ2v) is 13.0. The van der Waals surface area contributed by atoms with Crippen molar-refractivity contribution in [1.29, 1.82) is 0 Å². The number of aliphatic hydroxyl groups is 1. The number of halogens is 3. The maximum absolute atomic E-state index is 16.0. The monoisotopic (exact) mass is 654 g/mol. The van der Waals surface area contributed by atoms with Crippen LogP contribution in [0.25, 0.3) is 28.0 Å². The lowest BCUT2D eigenvalue weighted by Crippen LogP contribution is -2.55. The molecule has 3 aromatic heterocycles. The summed E-state index contributed by atoms with van der Waals surface area (Å²) in [6.45, 7) is 11.7. The molecule has 0 saturated carbocycles. The van der Waals surface area contributed by atoms with Gasteiger partial charge in [0.2, 0.25) is 0 Å². The highest BCUT2D eigenvalue weighted by molar-refractivity contribution is 6.33. The summed E-state index contributed by atoms with van der Waals surface area (Å²) in [5.74, 6) is -1.63. The molecule has 46 heavy (non-hydrogen) atoms. The molecule has 1 aliphatic rings. The molecule has 1 atom stereocenters. The summed E-state index contributed by atoms with van der Waals surface area (Å²) in [5.41, 5.74) is -0.473. The number of ether oxygens (including phenoxy) is 1. The number of nitrogens with zero attached hydrogens (tertiary/aromatic N) is 6. The van der Waals surface area contributed by atoms with Crippen LogP contribution in [0.3, 0.4) is 0 Å². The minimum absolute atomic E-state index is 0.0154. The third kappa shape index (κ3) is 6.41. The molecule has 1 aliphatic heterocycles. The zero-order valence-corrected chi connectivity index (χ0v) is 27.4. The summed E-state index contributed by atoms with van der Waals surface area (Å²) in [6.07, 6.45) is 1.34. The molecule has 0 bridgehead atoms. The molecular formula is C33H37ClF2N6O4. The van der Waals surface area contributed by atoms with Crippen LogP contribution < -0.4 is 10.6 Å². The second kappa shape index (κ2) is 12.9. The Bertz CT molecular complexity index is 1840. The molecule has 244 valence electrons. The smallest absolute Gasteiger partial charge is 0.410 e. The van der Waals surface area contributed by atoms with Crippen LogP contribution in [0.4, 0.5) is 19.4 Å². The Hall–Kier alpha value is -4.16. The zero-order valence-electron chi connectivity index (χ0n) is 26.6. The Labute approximate surface area is 270 Å². The predicted octanol–water partition coefficient (Wildman–Crippen LogP) is 5.88. The van der Waals surface area contributed by atoms with Crippen LogP contribution in [0.15, 0.2) is 41.3 Å². The molecule has 1 fully saturated rings. The van der Waals surface area contributed by atoms with Crippen molar-refractivity contribution in [2.24, 2.45) is 0 Å². The van der Waals surface area contributed by atoms with Gasteiger partial charge < -0.3 is 19.6 Å². The summed E-state index contributed by atoms with van der Waals surface area (Å²) in [6, 6.07) is 6.52. The van der Waals surface area contributed by atoms with E-state index in [-0.39, 0.29) is 77.8 Å². The summed E-state index contributed by atoms with van der Waals surface area (Å²) >= 11 is 6.34. The van der Waals surface area contributed by atoms with E-state index in [1.165, 1.54) is 22.8 Å². The van der Waals surface area contributed by atoms with Crippen molar-refractivity contribution < 1.29 is 23.4 Å². The van der Waals surface area contributed by atoms with Crippen molar-refractivity contribution in [2.45, 2.75) is 65.5 Å². The Morgan fingerprint density at radius 2 is 1.89 bits per heavy atom. The van der Waals surface area contributed by atoms with E-state index >= 15 is 8.78 Å². The van der Waals surface area contributed by atoms with Gasteiger partial charge in [-0.2, -0.15) is 4.98 Å². The lowest BCUT2D eigenvalue weighted by Gasteiger charge is -2.41. The molecule has 1 saturated heterocycles. The van der Waals surface area contributed by atoms with Crippen LogP contribution in [0.1, 0.15) is 58.7 Å². The Morgan fingerprint density at radius 3 is 2.52 bits per heavy atom. The fourth-order valence-corrected chi connectivity index (χ4v) is 5.96. The van der Waals surface area contributed by atoms with E-state index in [0.717, 1.165) is 6.07 Å². The molecule has 1 aromatic carbocycles. The fourth-order valence-electron chi connectivity index (χ4n) is 5.70. The molecule has 0 aliphatic carbocycles. The molecule has 0 unspecified atom stereocenters. The molecule has 1 amide bonds. The largest absolute Gasteiger partial charge is 0.444 e. The lowest BCUT2D eigenvalue weighted by atomic mass is 10.0. The van der Waals surface area contributed by atoms with Gasteiger partial charge in [-0.15, -0.1) is 0 Å². The van der Waals surface area contributed by atoms with Gasteiger partial charge in [-0.1, -0.05) is 31.5 Å². The van der Waals surface area contributed by atoms with Gasteiger partial charge in [-0.3, -0.25) is 4.98 Å². The highest BCUT2D eigenvalue weighted by Gasteiger charge is 2.33. The van der Waals surface area contributed by atoms with Gasteiger partial charge in [0.1, 0.15) is 22.9 Å². The second-order valence-electron chi connectivity index (χ2n) is 12.6. The van der Waals surface area contributed by atoms with Gasteiger partial charge in [0.25, 0.3) is 0 Å². The standard InChI is InChI=1S/C33H37ClF2N6O4/c1-18(2)26-28(20(11-15-43)10-12-37-26)42-30-21(16-24(36)27(38-30)25-22(34)8-7-9-23(25)35)29(39-31(42)44)41-14-13-40(17-19(41)3)32(45)46-33(4,5)6/h7-10,12,16,18-19,43H,11,13-15,17H2,1-6H3/t19-/m0/s1. The number of carbonyl (C=O) groups is 1. The zero-order chi connectivity index (χ0) is 33.5. The summed E-state index contributed by atoms with van der Waals surface area (Å²) in [7, 11) is 0. The van der Waals surface area contributed by atoms with E-state index in [2.05, 4.69) is 15.0 Å². The summed E-state index contributed by atoms with van der Waals surface area (Å²) < 4.78 is 38.0. The molecule has 5 rings (SSSR count). The molecule has 0 spiro atoms. The number of pyridine rings is 2. The van der Waals surface area contributed by atoms with E-state index < -0.39 is 29.0 Å². The highest BCUT2D eigenvalue weighted by atomic mass is 35.5. The molecule has 4 aromatic rings. The number of amides is 1. The molecule has 0 radical (unpaired) electrons. The Kier molecular flexibility index (Phi) is 9.33. The van der Waals surface area contributed by atoms with Crippen molar-refractivity contribution in [3.05, 3.63) is 74.9 Å². The van der Waals surface area contributed by atoms with E-state index in [4.69, 9.17) is 16.3 Å². The number of hydrogen-bond donors (Lipinski definition) is 1. The first kappa shape index (κ1) is 33.2. The van der Waals surface area contributed by atoms with Crippen molar-refractivity contribution in [3.63, 3.8) is 0 Å². The van der Waals surface area contributed by atoms with Gasteiger partial charge in [0.15, 0.2) is 11.5 Å². The van der Waals surface area contributed by atoms with Crippen molar-refractivity contribution >= 4 is 34.5 Å². The molecular weight excluding hydrogens is 618 g/mol. The van der Waals surface area contributed by atoms with Crippen LogP contribution in [-0.2, 0) is 11.2 Å². The molecule has 1 N–H and O–H groups in total. The molecule has 4 heterocycles. The van der Waals surface area contributed by atoms with Gasteiger partial charge in [0.05, 0.1) is 27.4 Å². The Balaban J connectivity index is 1.77. The highest BCUT2D eigenvalue weighted by Crippen LogP contribution is 2.36. The van der Waals surface area contributed by atoms with Gasteiger partial charge in [-0.25, -0.2) is 27.9 Å². The normalized spacial score (nSPS) is 15.6. The number of aliphatic hydroxyl groups excluding tert-OH is 1. The fraction of sp³-hybridized carbons (Fsp3) is 0.424. The third-order valence-electron chi connectivity index (χ3n) is 7.74. The van der Waals surface area contributed by atoms with Crippen LogP contribution >= 0.6 is 11.6 Å². The Morgan fingerprint density at radius 1 is 1.15 bits per heavy atom. The average Bonchev–Trinajstić information content (AvgIpc) is 2.97. The first-order valence-electron chi connectivity index (χ1n) is 15.1. The van der Waals surface area contributed by atoms with E-state index in [0.29, 0.717) is 16.9 Å². The van der Waals surface area contributed by atoms with Crippen LogP contribution in [-0.4, -0.2) is 73.5 Å². The van der Waals surface area contributed by atoms with Crippen molar-refractivity contribution in [1.82, 2.24) is 24.4 Å². The van der Waals surface area contributed by atoms with Crippen molar-refractivity contribution in [3.8, 4) is 16.9 Å². The lowest BCUT2D eigenvalue weighted by molar-refractivity contribution is 0.0218. The van der Waals surface area contributed by atoms with E-state index in [1.807, 2.05) is 25.7 Å². The minimum atomic E-state index is -0.862. The first-order valence-corrected chi connectivity index (χ1v) is 15.5. The average molecular weight is 655 g/mol. The number of benzene rings is 1. The van der Waals surface area contributed by atoms with Crippen molar-refractivity contribution in [2.75, 3.05) is 31.1 Å². The predicted molar refractivity (Wildman–Crippen MR) is 173 cm³/mol. The first-order chi connectivity index (χ1) is 21.7. The molecule has 10 nitrogen and oxygen atoms in total. The third-order valence-corrected chi connectivity index (χ3v) is 8.05. The topological polar surface area (TPSA) is 114 Å². The van der Waals surface area contributed by atoms with Gasteiger partial charge in [0, 0.05) is 38.5 Å². The summed E-state index contributed by atoms with van der Waals surface area (Å²) in [5, 5.41) is 10.0. The maximum atomic E-state index is 16.0. The quantitative estimate of drug-likeness (QED) is 0.274. The number of carbonyl (C=O) groups excluding carboxylic acids is 1. The van der Waals surface area contributed by atoms with Crippen LogP contribution in [0.2, 0.25) is 5.02 Å². The minimum Gasteiger partial charge on any atom is -0.444 e.